The van der Waals surface area contributed by atoms with Crippen molar-refractivity contribution < 1.29 is 35.1 Å². The van der Waals surface area contributed by atoms with Crippen molar-refractivity contribution in [2.24, 2.45) is 0 Å². The first-order valence-electron chi connectivity index (χ1n) is 9.61. The van der Waals surface area contributed by atoms with E-state index in [1.807, 2.05) is 4.72 Å². The van der Waals surface area contributed by atoms with Gasteiger partial charge in [0.1, 0.15) is 0 Å². The minimum Gasteiger partial charge on any atom is -0.387 e. The second kappa shape index (κ2) is 9.26. The fraction of sp³-hybridized carbons (Fsp3) is 0.182. The number of sulfone groups is 1. The maximum absolute atomic E-state index is 13.6. The Kier molecular flexibility index (Phi) is 6.99. The number of hydrogen-bond acceptors (Lipinski definition) is 5. The minimum atomic E-state index is -5.07. The molecule has 0 aromatic heterocycles. The number of nitrogens with one attached hydrogen (secondary N) is 1. The van der Waals surface area contributed by atoms with Gasteiger partial charge in [0.2, 0.25) is 19.9 Å². The molecule has 2 atom stereocenters. The maximum atomic E-state index is 13.6. The molecule has 2 N–H and O–H groups in total. The first kappa shape index (κ1) is 24.9. The van der Waals surface area contributed by atoms with E-state index in [-0.39, 0.29) is 4.90 Å². The zero-order chi connectivity index (χ0) is 24.4. The summed E-state index contributed by atoms with van der Waals surface area (Å²) in [5, 5.41) is 10.4. The largest absolute Gasteiger partial charge is 0.417 e. The Morgan fingerprint density at radius 2 is 1.36 bits per heavy atom. The summed E-state index contributed by atoms with van der Waals surface area (Å²) < 4.78 is 94.4. The van der Waals surface area contributed by atoms with Crippen molar-refractivity contribution in [1.29, 1.82) is 0 Å². The van der Waals surface area contributed by atoms with Gasteiger partial charge in [-0.25, -0.2) is 21.6 Å². The van der Waals surface area contributed by atoms with Gasteiger partial charge in [-0.3, -0.25) is 0 Å². The van der Waals surface area contributed by atoms with E-state index in [4.69, 9.17) is 0 Å². The van der Waals surface area contributed by atoms with Crippen molar-refractivity contribution in [2.45, 2.75) is 39.9 Å². The van der Waals surface area contributed by atoms with Crippen LogP contribution < -0.4 is 4.72 Å². The van der Waals surface area contributed by atoms with Crippen molar-refractivity contribution in [1.82, 2.24) is 4.72 Å². The Labute approximate surface area is 189 Å². The molecule has 3 aromatic rings. The Hall–Kier alpha value is -2.73. The summed E-state index contributed by atoms with van der Waals surface area (Å²) in [6.45, 7) is 1.28. The second-order valence-corrected chi connectivity index (χ2v) is 10.9. The number of aliphatic hydroxyl groups excluding tert-OH is 1. The van der Waals surface area contributed by atoms with Crippen LogP contribution >= 0.6 is 0 Å². The van der Waals surface area contributed by atoms with Crippen LogP contribution in [-0.4, -0.2) is 28.0 Å². The quantitative estimate of drug-likeness (QED) is 0.513. The molecule has 0 unspecified atom stereocenters. The highest BCUT2D eigenvalue weighted by molar-refractivity contribution is 7.91. The predicted molar refractivity (Wildman–Crippen MR) is 115 cm³/mol. The van der Waals surface area contributed by atoms with Crippen molar-refractivity contribution in [3.63, 3.8) is 0 Å². The molecule has 0 aliphatic rings. The van der Waals surface area contributed by atoms with Crippen LogP contribution in [0.5, 0.6) is 0 Å². The first-order valence-corrected chi connectivity index (χ1v) is 12.6. The number of aliphatic hydroxyl groups is 1. The highest BCUT2D eigenvalue weighted by Crippen LogP contribution is 2.36. The lowest BCUT2D eigenvalue weighted by Crippen LogP contribution is -2.38. The van der Waals surface area contributed by atoms with Crippen LogP contribution in [0.15, 0.2) is 93.5 Å². The fourth-order valence-corrected chi connectivity index (χ4v) is 6.06. The van der Waals surface area contributed by atoms with Crippen molar-refractivity contribution in [2.75, 3.05) is 0 Å². The molecule has 0 bridgehead atoms. The maximum Gasteiger partial charge on any atom is 0.417 e. The van der Waals surface area contributed by atoms with Gasteiger partial charge in [0.05, 0.1) is 26.4 Å². The van der Waals surface area contributed by atoms with Crippen LogP contribution in [0.1, 0.15) is 24.2 Å². The third-order valence-electron chi connectivity index (χ3n) is 4.87. The topological polar surface area (TPSA) is 101 Å². The number of halogens is 3. The molecule has 0 aliphatic heterocycles. The smallest absolute Gasteiger partial charge is 0.387 e. The lowest BCUT2D eigenvalue weighted by molar-refractivity contribution is -0.139. The highest BCUT2D eigenvalue weighted by atomic mass is 32.2. The van der Waals surface area contributed by atoms with Crippen molar-refractivity contribution in [3.8, 4) is 0 Å². The van der Waals surface area contributed by atoms with E-state index in [1.54, 1.807) is 24.3 Å². The van der Waals surface area contributed by atoms with Gasteiger partial charge >= 0.3 is 6.18 Å². The monoisotopic (exact) mass is 499 g/mol. The molecule has 11 heteroatoms. The van der Waals surface area contributed by atoms with Crippen LogP contribution in [0.25, 0.3) is 0 Å². The Bertz CT molecular complexity index is 1330. The Morgan fingerprint density at radius 1 is 0.818 bits per heavy atom. The molecule has 0 amide bonds. The molecule has 0 saturated heterocycles. The molecular formula is C22H20F3NO5S2. The van der Waals surface area contributed by atoms with E-state index >= 15 is 0 Å². The zero-order valence-electron chi connectivity index (χ0n) is 17.2. The standard InChI is InChI=1S/C22H20F3NO5S2/c1-15(21(27)16-8-4-2-5-9-16)26-33(30,31)20-14-18(12-13-19(20)22(23,24)25)32(28,29)17-10-6-3-7-11-17/h2-15,21,26-27H,1H3/t15-,21+/m1/s1. The molecule has 3 aromatic carbocycles. The lowest BCUT2D eigenvalue weighted by Gasteiger charge is -2.22. The zero-order valence-corrected chi connectivity index (χ0v) is 18.8. The molecular weight excluding hydrogens is 479 g/mol. The number of sulfonamides is 1. The van der Waals surface area contributed by atoms with Gasteiger partial charge in [-0.1, -0.05) is 48.5 Å². The van der Waals surface area contributed by atoms with Gasteiger partial charge in [0.15, 0.2) is 0 Å². The molecule has 0 aliphatic carbocycles. The number of benzene rings is 3. The molecule has 0 spiro atoms. The number of rotatable bonds is 7. The molecule has 0 fully saturated rings. The third kappa shape index (κ3) is 5.44. The third-order valence-corrected chi connectivity index (χ3v) is 8.23. The molecule has 176 valence electrons. The van der Waals surface area contributed by atoms with Gasteiger partial charge in [-0.05, 0) is 42.8 Å². The van der Waals surface area contributed by atoms with Gasteiger partial charge in [0.25, 0.3) is 0 Å². The van der Waals surface area contributed by atoms with Crippen LogP contribution in [0, 0.1) is 0 Å². The molecule has 0 radical (unpaired) electrons. The minimum absolute atomic E-state index is 0.200. The van der Waals surface area contributed by atoms with Crippen LogP contribution in [0.2, 0.25) is 0 Å². The van der Waals surface area contributed by atoms with Crippen molar-refractivity contribution >= 4 is 19.9 Å². The van der Waals surface area contributed by atoms with Crippen LogP contribution in [0.4, 0.5) is 13.2 Å². The van der Waals surface area contributed by atoms with Gasteiger partial charge in [0, 0.05) is 6.04 Å². The highest BCUT2D eigenvalue weighted by Gasteiger charge is 2.39. The second-order valence-electron chi connectivity index (χ2n) is 7.24. The molecule has 6 nitrogen and oxygen atoms in total. The average molecular weight is 500 g/mol. The number of hydrogen-bond donors (Lipinski definition) is 2. The van der Waals surface area contributed by atoms with Crippen LogP contribution in [-0.2, 0) is 26.0 Å². The fourth-order valence-electron chi connectivity index (χ4n) is 3.17. The summed E-state index contributed by atoms with van der Waals surface area (Å²) in [5.41, 5.74) is -1.17. The lowest BCUT2D eigenvalue weighted by atomic mass is 10.0. The summed E-state index contributed by atoms with van der Waals surface area (Å²) in [6, 6.07) is 15.3. The Balaban J connectivity index is 2.06. The van der Waals surface area contributed by atoms with Gasteiger partial charge in [-0.15, -0.1) is 0 Å². The van der Waals surface area contributed by atoms with E-state index in [0.717, 1.165) is 0 Å². The predicted octanol–water partition coefficient (Wildman–Crippen LogP) is 3.94. The normalized spacial score (nSPS) is 14.6. The van der Waals surface area contributed by atoms with Crippen LogP contribution in [0.3, 0.4) is 0 Å². The first-order chi connectivity index (χ1) is 15.3. The van der Waals surface area contributed by atoms with E-state index in [2.05, 4.69) is 0 Å². The average Bonchev–Trinajstić information content (AvgIpc) is 2.78. The van der Waals surface area contributed by atoms with E-state index in [0.29, 0.717) is 23.8 Å². The summed E-state index contributed by atoms with van der Waals surface area (Å²) in [6.07, 6.45) is -6.42. The van der Waals surface area contributed by atoms with E-state index in [1.165, 1.54) is 43.3 Å². The molecule has 3 rings (SSSR count). The Morgan fingerprint density at radius 3 is 1.91 bits per heavy atom. The molecule has 0 heterocycles. The summed E-state index contributed by atoms with van der Waals surface area (Å²) in [4.78, 5) is -2.06. The van der Waals surface area contributed by atoms with E-state index in [9.17, 15) is 35.1 Å². The summed E-state index contributed by atoms with van der Waals surface area (Å²) in [5.74, 6) is 0. The molecule has 33 heavy (non-hydrogen) atoms. The van der Waals surface area contributed by atoms with Gasteiger partial charge < -0.3 is 5.11 Å². The molecule has 0 saturated carbocycles. The van der Waals surface area contributed by atoms with Gasteiger partial charge in [-0.2, -0.15) is 13.2 Å². The van der Waals surface area contributed by atoms with Crippen molar-refractivity contribution in [3.05, 3.63) is 90.0 Å². The van der Waals surface area contributed by atoms with E-state index < -0.39 is 53.5 Å². The summed E-state index contributed by atoms with van der Waals surface area (Å²) >= 11 is 0. The number of alkyl halides is 3. The summed E-state index contributed by atoms with van der Waals surface area (Å²) in [7, 11) is -9.17. The SMILES string of the molecule is C[C@@H](NS(=O)(=O)c1cc(S(=O)(=O)c2ccccc2)ccc1C(F)(F)F)[C@H](O)c1ccccc1.